The molecule has 0 atom stereocenters. The number of aromatic nitrogens is 4. The van der Waals surface area contributed by atoms with Crippen LogP contribution in [0.3, 0.4) is 0 Å². The summed E-state index contributed by atoms with van der Waals surface area (Å²) in [5.41, 5.74) is 3.57. The van der Waals surface area contributed by atoms with Gasteiger partial charge in [0.2, 0.25) is 0 Å². The van der Waals surface area contributed by atoms with Crippen LogP contribution >= 0.6 is 11.8 Å². The molecule has 3 heterocycles. The third-order valence-corrected chi connectivity index (χ3v) is 3.89. The van der Waals surface area contributed by atoms with Crippen molar-refractivity contribution in [1.82, 2.24) is 24.6 Å². The van der Waals surface area contributed by atoms with Crippen LogP contribution in [-0.2, 0) is 26.6 Å². The SMILES string of the molecule is CSc1ncc2c(n1)CCN(Cc1ccn(C)n1)C2. The summed E-state index contributed by atoms with van der Waals surface area (Å²) in [6.45, 7) is 2.85. The van der Waals surface area contributed by atoms with E-state index < -0.39 is 0 Å². The van der Waals surface area contributed by atoms with Gasteiger partial charge in [0, 0.05) is 51.1 Å². The van der Waals surface area contributed by atoms with Crippen molar-refractivity contribution in [2.75, 3.05) is 12.8 Å². The highest BCUT2D eigenvalue weighted by Gasteiger charge is 2.18. The molecule has 5 nitrogen and oxygen atoms in total. The zero-order chi connectivity index (χ0) is 13.2. The van der Waals surface area contributed by atoms with E-state index in [0.717, 1.165) is 36.9 Å². The number of hydrogen-bond acceptors (Lipinski definition) is 5. The highest BCUT2D eigenvalue weighted by molar-refractivity contribution is 7.98. The Labute approximate surface area is 117 Å². The Bertz CT molecular complexity index is 580. The summed E-state index contributed by atoms with van der Waals surface area (Å²) in [5, 5.41) is 5.30. The van der Waals surface area contributed by atoms with E-state index in [1.54, 1.807) is 11.8 Å². The molecule has 0 aliphatic carbocycles. The molecule has 6 heteroatoms. The number of nitrogens with zero attached hydrogens (tertiary/aromatic N) is 5. The number of hydrogen-bond donors (Lipinski definition) is 0. The predicted molar refractivity (Wildman–Crippen MR) is 74.8 cm³/mol. The Morgan fingerprint density at radius 1 is 1.42 bits per heavy atom. The first-order valence-electron chi connectivity index (χ1n) is 6.34. The lowest BCUT2D eigenvalue weighted by atomic mass is 10.1. The standard InChI is InChI=1S/C13H17N5S/c1-17-5-3-11(16-17)9-18-6-4-12-10(8-18)7-14-13(15-12)19-2/h3,5,7H,4,6,8-9H2,1-2H3. The Hall–Kier alpha value is -1.40. The maximum atomic E-state index is 4.58. The second-order valence-electron chi connectivity index (χ2n) is 4.77. The van der Waals surface area contributed by atoms with Crippen LogP contribution in [0.2, 0.25) is 0 Å². The van der Waals surface area contributed by atoms with Crippen LogP contribution in [0.15, 0.2) is 23.6 Å². The van der Waals surface area contributed by atoms with Crippen molar-refractivity contribution < 1.29 is 0 Å². The molecule has 3 rings (SSSR count). The first-order chi connectivity index (χ1) is 9.24. The third-order valence-electron chi connectivity index (χ3n) is 3.33. The molecule has 0 spiro atoms. The number of rotatable bonds is 3. The summed E-state index contributed by atoms with van der Waals surface area (Å²) < 4.78 is 1.85. The Balaban J connectivity index is 1.71. The Kier molecular flexibility index (Phi) is 3.52. The van der Waals surface area contributed by atoms with Gasteiger partial charge >= 0.3 is 0 Å². The monoisotopic (exact) mass is 275 g/mol. The molecular formula is C13H17N5S. The maximum absolute atomic E-state index is 4.58. The molecule has 100 valence electrons. The van der Waals surface area contributed by atoms with Crippen molar-refractivity contribution >= 4 is 11.8 Å². The van der Waals surface area contributed by atoms with Gasteiger partial charge in [-0.05, 0) is 12.3 Å². The van der Waals surface area contributed by atoms with Gasteiger partial charge in [0.1, 0.15) is 0 Å². The molecule has 0 saturated heterocycles. The predicted octanol–water partition coefficient (Wildman–Crippen LogP) is 1.49. The van der Waals surface area contributed by atoms with Crippen molar-refractivity contribution in [1.29, 1.82) is 0 Å². The summed E-state index contributed by atoms with van der Waals surface area (Å²) in [4.78, 5) is 11.3. The van der Waals surface area contributed by atoms with Gasteiger partial charge in [-0.1, -0.05) is 11.8 Å². The minimum absolute atomic E-state index is 0.872. The fourth-order valence-electron chi connectivity index (χ4n) is 2.37. The van der Waals surface area contributed by atoms with Crippen molar-refractivity contribution in [3.05, 3.63) is 35.4 Å². The van der Waals surface area contributed by atoms with Gasteiger partial charge in [-0.2, -0.15) is 5.10 Å². The first-order valence-corrected chi connectivity index (χ1v) is 7.57. The van der Waals surface area contributed by atoms with Crippen molar-refractivity contribution in [2.45, 2.75) is 24.7 Å². The summed E-state index contributed by atoms with van der Waals surface area (Å²) >= 11 is 1.60. The van der Waals surface area contributed by atoms with Gasteiger partial charge in [-0.3, -0.25) is 9.58 Å². The van der Waals surface area contributed by atoms with Crippen LogP contribution < -0.4 is 0 Å². The van der Waals surface area contributed by atoms with E-state index in [9.17, 15) is 0 Å². The topological polar surface area (TPSA) is 46.8 Å². The lowest BCUT2D eigenvalue weighted by Crippen LogP contribution is -2.31. The van der Waals surface area contributed by atoms with E-state index >= 15 is 0 Å². The van der Waals surface area contributed by atoms with Crippen LogP contribution in [0.25, 0.3) is 0 Å². The lowest BCUT2D eigenvalue weighted by Gasteiger charge is -2.27. The van der Waals surface area contributed by atoms with Gasteiger partial charge in [-0.25, -0.2) is 9.97 Å². The third kappa shape index (κ3) is 2.79. The minimum atomic E-state index is 0.872. The molecule has 2 aromatic rings. The molecule has 0 aromatic carbocycles. The molecule has 1 aliphatic rings. The quantitative estimate of drug-likeness (QED) is 0.627. The van der Waals surface area contributed by atoms with E-state index in [-0.39, 0.29) is 0 Å². The maximum Gasteiger partial charge on any atom is 0.187 e. The van der Waals surface area contributed by atoms with Crippen molar-refractivity contribution in [3.63, 3.8) is 0 Å². The van der Waals surface area contributed by atoms with Crippen LogP contribution in [0, 0.1) is 0 Å². The van der Waals surface area contributed by atoms with Crippen molar-refractivity contribution in [3.8, 4) is 0 Å². The van der Waals surface area contributed by atoms with Gasteiger partial charge in [-0.15, -0.1) is 0 Å². The van der Waals surface area contributed by atoms with Crippen molar-refractivity contribution in [2.24, 2.45) is 7.05 Å². The molecule has 0 N–H and O–H groups in total. The zero-order valence-corrected chi connectivity index (χ0v) is 12.0. The highest BCUT2D eigenvalue weighted by Crippen LogP contribution is 2.20. The van der Waals surface area contributed by atoms with Gasteiger partial charge < -0.3 is 0 Å². The molecule has 2 aromatic heterocycles. The molecular weight excluding hydrogens is 258 g/mol. The zero-order valence-electron chi connectivity index (χ0n) is 11.2. The summed E-state index contributed by atoms with van der Waals surface area (Å²) in [6, 6.07) is 2.07. The van der Waals surface area contributed by atoms with Crippen LogP contribution in [0.5, 0.6) is 0 Å². The Morgan fingerprint density at radius 2 is 2.32 bits per heavy atom. The second kappa shape index (κ2) is 5.30. The van der Waals surface area contributed by atoms with E-state index in [1.165, 1.54) is 11.3 Å². The van der Waals surface area contributed by atoms with Crippen LogP contribution in [-0.4, -0.2) is 37.4 Å². The van der Waals surface area contributed by atoms with Gasteiger partial charge in [0.25, 0.3) is 0 Å². The van der Waals surface area contributed by atoms with E-state index in [1.807, 2.05) is 30.4 Å². The normalized spacial score (nSPS) is 15.5. The fourth-order valence-corrected chi connectivity index (χ4v) is 2.73. The lowest BCUT2D eigenvalue weighted by molar-refractivity contribution is 0.238. The van der Waals surface area contributed by atoms with E-state index in [4.69, 9.17) is 0 Å². The summed E-state index contributed by atoms with van der Waals surface area (Å²) in [5.74, 6) is 0. The molecule has 0 fully saturated rings. The smallest absolute Gasteiger partial charge is 0.187 e. The molecule has 1 aliphatic heterocycles. The highest BCUT2D eigenvalue weighted by atomic mass is 32.2. The molecule has 0 amide bonds. The molecule has 0 saturated carbocycles. The Morgan fingerprint density at radius 3 is 3.05 bits per heavy atom. The summed E-state index contributed by atoms with van der Waals surface area (Å²) in [7, 11) is 1.95. The largest absolute Gasteiger partial charge is 0.293 e. The molecule has 19 heavy (non-hydrogen) atoms. The number of fused-ring (bicyclic) bond motifs is 1. The number of aryl methyl sites for hydroxylation is 1. The molecule has 0 unspecified atom stereocenters. The van der Waals surface area contributed by atoms with Gasteiger partial charge in [0.05, 0.1) is 11.4 Å². The second-order valence-corrected chi connectivity index (χ2v) is 5.54. The van der Waals surface area contributed by atoms with E-state index in [2.05, 4.69) is 26.0 Å². The average Bonchev–Trinajstić information content (AvgIpc) is 2.83. The van der Waals surface area contributed by atoms with Crippen LogP contribution in [0.4, 0.5) is 0 Å². The fraction of sp³-hybridized carbons (Fsp3) is 0.462. The summed E-state index contributed by atoms with van der Waals surface area (Å²) in [6.07, 6.45) is 6.97. The molecule has 0 bridgehead atoms. The first kappa shape index (κ1) is 12.6. The molecule has 0 radical (unpaired) electrons. The van der Waals surface area contributed by atoms with Crippen LogP contribution in [0.1, 0.15) is 17.0 Å². The average molecular weight is 275 g/mol. The number of thioether (sulfide) groups is 1. The van der Waals surface area contributed by atoms with E-state index in [0.29, 0.717) is 0 Å². The van der Waals surface area contributed by atoms with Gasteiger partial charge in [0.15, 0.2) is 5.16 Å². The minimum Gasteiger partial charge on any atom is -0.293 e.